The third-order valence-electron chi connectivity index (χ3n) is 3.66. The van der Waals surface area contributed by atoms with E-state index in [9.17, 15) is 4.79 Å². The summed E-state index contributed by atoms with van der Waals surface area (Å²) < 4.78 is 11.1. The van der Waals surface area contributed by atoms with E-state index in [1.165, 1.54) is 0 Å². The van der Waals surface area contributed by atoms with Gasteiger partial charge in [-0.25, -0.2) is 4.79 Å². The van der Waals surface area contributed by atoms with Gasteiger partial charge in [-0.3, -0.25) is 0 Å². The van der Waals surface area contributed by atoms with Crippen LogP contribution >= 0.6 is 0 Å². The third kappa shape index (κ3) is 5.17. The molecule has 0 fully saturated rings. The fourth-order valence-corrected chi connectivity index (χ4v) is 1.96. The molecule has 2 aromatic carbocycles. The van der Waals surface area contributed by atoms with E-state index >= 15 is 0 Å². The molecule has 0 aliphatic carbocycles. The van der Waals surface area contributed by atoms with Crippen LogP contribution in [0.3, 0.4) is 0 Å². The van der Waals surface area contributed by atoms with Gasteiger partial charge in [-0.2, -0.15) is 0 Å². The van der Waals surface area contributed by atoms with E-state index in [-0.39, 0.29) is 5.97 Å². The quantitative estimate of drug-likeness (QED) is 0.439. The van der Waals surface area contributed by atoms with Gasteiger partial charge in [0.1, 0.15) is 11.5 Å². The number of rotatable bonds is 6. The number of hydrogen-bond donors (Lipinski definition) is 0. The molecule has 0 bridgehead atoms. The van der Waals surface area contributed by atoms with Gasteiger partial charge in [-0.15, -0.1) is 5.92 Å². The van der Waals surface area contributed by atoms with Crippen LogP contribution in [0.25, 0.3) is 0 Å². The fourth-order valence-electron chi connectivity index (χ4n) is 1.96. The van der Waals surface area contributed by atoms with Crippen LogP contribution in [0, 0.1) is 17.8 Å². The lowest BCUT2D eigenvalue weighted by Gasteiger charge is -2.11. The van der Waals surface area contributed by atoms with Crippen molar-refractivity contribution in [1.29, 1.82) is 0 Å². The fraction of sp³-hybridized carbons (Fsp3) is 0.286. The Bertz CT molecular complexity index is 718. The van der Waals surface area contributed by atoms with E-state index in [0.29, 0.717) is 23.8 Å². The number of carbonyl (C=O) groups is 1. The van der Waals surface area contributed by atoms with Crippen molar-refractivity contribution in [2.45, 2.75) is 27.2 Å². The van der Waals surface area contributed by atoms with Crippen molar-refractivity contribution in [3.05, 3.63) is 59.7 Å². The highest BCUT2D eigenvalue weighted by Crippen LogP contribution is 2.19. The molecule has 0 amide bonds. The first-order valence-corrected chi connectivity index (χ1v) is 8.10. The van der Waals surface area contributed by atoms with Gasteiger partial charge in [0.05, 0.1) is 12.2 Å². The highest BCUT2D eigenvalue weighted by Gasteiger charge is 2.08. The second kappa shape index (κ2) is 8.79. The summed E-state index contributed by atoms with van der Waals surface area (Å²) in [6.45, 7) is 6.74. The maximum atomic E-state index is 12.1. The predicted molar refractivity (Wildman–Crippen MR) is 95.3 cm³/mol. The molecule has 2 aromatic rings. The SMILES string of the molecule is CC#Cc1ccc(C(=O)Oc2ccc(OCC(C)CC)cc2)cc1. The van der Waals surface area contributed by atoms with Crippen LogP contribution in [0.1, 0.15) is 43.1 Å². The summed E-state index contributed by atoms with van der Waals surface area (Å²) in [7, 11) is 0. The van der Waals surface area contributed by atoms with Gasteiger partial charge in [0.15, 0.2) is 0 Å². The Morgan fingerprint density at radius 1 is 1.04 bits per heavy atom. The Kier molecular flexibility index (Phi) is 6.45. The summed E-state index contributed by atoms with van der Waals surface area (Å²) in [6, 6.07) is 14.1. The van der Waals surface area contributed by atoms with Gasteiger partial charge in [-0.05, 0) is 61.4 Å². The standard InChI is InChI=1S/C21H22O3/c1-4-6-17-7-9-18(10-8-17)21(22)24-20-13-11-19(12-14-20)23-15-16(3)5-2/h7-14,16H,5,15H2,1-3H3. The van der Waals surface area contributed by atoms with E-state index in [2.05, 4.69) is 25.7 Å². The number of ether oxygens (including phenoxy) is 2. The van der Waals surface area contributed by atoms with Crippen LogP contribution in [0.15, 0.2) is 48.5 Å². The largest absolute Gasteiger partial charge is 0.493 e. The van der Waals surface area contributed by atoms with Gasteiger partial charge >= 0.3 is 5.97 Å². The zero-order chi connectivity index (χ0) is 17.4. The van der Waals surface area contributed by atoms with Crippen molar-refractivity contribution >= 4 is 5.97 Å². The van der Waals surface area contributed by atoms with Crippen LogP contribution < -0.4 is 9.47 Å². The zero-order valence-electron chi connectivity index (χ0n) is 14.3. The van der Waals surface area contributed by atoms with Crippen molar-refractivity contribution in [2.24, 2.45) is 5.92 Å². The zero-order valence-corrected chi connectivity index (χ0v) is 14.3. The van der Waals surface area contributed by atoms with Crippen molar-refractivity contribution in [3.8, 4) is 23.3 Å². The average Bonchev–Trinajstić information content (AvgIpc) is 2.61. The molecule has 1 atom stereocenters. The van der Waals surface area contributed by atoms with Crippen molar-refractivity contribution < 1.29 is 14.3 Å². The Hall–Kier alpha value is -2.73. The molecule has 0 radical (unpaired) electrons. The molecular formula is C21H22O3. The average molecular weight is 322 g/mol. The molecule has 0 spiro atoms. The summed E-state index contributed by atoms with van der Waals surface area (Å²) >= 11 is 0. The highest BCUT2D eigenvalue weighted by atomic mass is 16.5. The monoisotopic (exact) mass is 322 g/mol. The first kappa shape index (κ1) is 17.6. The molecule has 0 aliphatic rings. The lowest BCUT2D eigenvalue weighted by Crippen LogP contribution is -2.09. The Labute approximate surface area is 143 Å². The molecule has 1 unspecified atom stereocenters. The minimum atomic E-state index is -0.390. The lowest BCUT2D eigenvalue weighted by molar-refractivity contribution is 0.0734. The Morgan fingerprint density at radius 3 is 2.25 bits per heavy atom. The second-order valence-electron chi connectivity index (χ2n) is 5.64. The van der Waals surface area contributed by atoms with Crippen LogP contribution in [0.4, 0.5) is 0 Å². The molecule has 3 nitrogen and oxygen atoms in total. The molecule has 0 saturated heterocycles. The summed E-state index contributed by atoms with van der Waals surface area (Å²) in [5.74, 6) is 7.15. The molecule has 24 heavy (non-hydrogen) atoms. The van der Waals surface area contributed by atoms with Gasteiger partial charge < -0.3 is 9.47 Å². The van der Waals surface area contributed by atoms with E-state index in [1.54, 1.807) is 43.3 Å². The highest BCUT2D eigenvalue weighted by molar-refractivity contribution is 5.91. The molecule has 124 valence electrons. The van der Waals surface area contributed by atoms with E-state index in [4.69, 9.17) is 9.47 Å². The first-order chi connectivity index (χ1) is 11.6. The smallest absolute Gasteiger partial charge is 0.343 e. The minimum absolute atomic E-state index is 0.390. The van der Waals surface area contributed by atoms with Crippen molar-refractivity contribution in [3.63, 3.8) is 0 Å². The van der Waals surface area contributed by atoms with Crippen LogP contribution in [-0.4, -0.2) is 12.6 Å². The topological polar surface area (TPSA) is 35.5 Å². The second-order valence-corrected chi connectivity index (χ2v) is 5.64. The first-order valence-electron chi connectivity index (χ1n) is 8.10. The number of hydrogen-bond acceptors (Lipinski definition) is 3. The molecule has 3 heteroatoms. The molecule has 0 N–H and O–H groups in total. The van der Waals surface area contributed by atoms with E-state index in [1.807, 2.05) is 12.1 Å². The van der Waals surface area contributed by atoms with Gasteiger partial charge in [0.2, 0.25) is 0 Å². The molecule has 0 heterocycles. The number of esters is 1. The van der Waals surface area contributed by atoms with Crippen LogP contribution in [0.5, 0.6) is 11.5 Å². The molecule has 2 rings (SSSR count). The van der Waals surface area contributed by atoms with Crippen LogP contribution in [-0.2, 0) is 0 Å². The lowest BCUT2D eigenvalue weighted by atomic mass is 10.1. The summed E-state index contributed by atoms with van der Waals surface area (Å²) in [5.41, 5.74) is 1.37. The summed E-state index contributed by atoms with van der Waals surface area (Å²) in [4.78, 5) is 12.1. The molecule has 0 aromatic heterocycles. The Balaban J connectivity index is 1.94. The van der Waals surface area contributed by atoms with Gasteiger partial charge in [0.25, 0.3) is 0 Å². The maximum Gasteiger partial charge on any atom is 0.343 e. The Morgan fingerprint density at radius 2 is 1.67 bits per heavy atom. The van der Waals surface area contributed by atoms with Gasteiger partial charge in [0, 0.05) is 5.56 Å². The van der Waals surface area contributed by atoms with Gasteiger partial charge in [-0.1, -0.05) is 26.2 Å². The third-order valence-corrected chi connectivity index (χ3v) is 3.66. The summed E-state index contributed by atoms with van der Waals surface area (Å²) in [5, 5.41) is 0. The minimum Gasteiger partial charge on any atom is -0.493 e. The number of benzene rings is 2. The summed E-state index contributed by atoms with van der Waals surface area (Å²) in [6.07, 6.45) is 1.08. The predicted octanol–water partition coefficient (Wildman–Crippen LogP) is 4.70. The van der Waals surface area contributed by atoms with E-state index < -0.39 is 0 Å². The van der Waals surface area contributed by atoms with Crippen LogP contribution in [0.2, 0.25) is 0 Å². The molecule has 0 saturated carbocycles. The molecule has 0 aliphatic heterocycles. The normalized spacial score (nSPS) is 11.1. The van der Waals surface area contributed by atoms with Crippen molar-refractivity contribution in [1.82, 2.24) is 0 Å². The molecular weight excluding hydrogens is 300 g/mol. The maximum absolute atomic E-state index is 12.1. The van der Waals surface area contributed by atoms with E-state index in [0.717, 1.165) is 17.7 Å². The number of carbonyl (C=O) groups excluding carboxylic acids is 1. The van der Waals surface area contributed by atoms with Crippen molar-refractivity contribution in [2.75, 3.05) is 6.61 Å².